The van der Waals surface area contributed by atoms with E-state index in [0.29, 0.717) is 10.8 Å². The van der Waals surface area contributed by atoms with Crippen molar-refractivity contribution in [2.24, 2.45) is 0 Å². The molecule has 0 N–H and O–H groups in total. The first-order valence-corrected chi connectivity index (χ1v) is 6.35. The van der Waals surface area contributed by atoms with Gasteiger partial charge in [0.1, 0.15) is 5.75 Å². The van der Waals surface area contributed by atoms with Crippen LogP contribution in [0.5, 0.6) is 5.75 Å². The Morgan fingerprint density at radius 1 is 1.37 bits per heavy atom. The minimum Gasteiger partial charge on any atom is -0.479 e. The summed E-state index contributed by atoms with van der Waals surface area (Å²) < 4.78 is 6.94. The molecule has 0 amide bonds. The molecule has 1 aromatic carbocycles. The molecule has 5 heteroatoms. The zero-order valence-corrected chi connectivity index (χ0v) is 11.8. The lowest BCUT2D eigenvalue weighted by Crippen LogP contribution is -2.30. The van der Waals surface area contributed by atoms with E-state index < -0.39 is 6.10 Å². The summed E-state index contributed by atoms with van der Waals surface area (Å²) in [5.41, 5.74) is 1.59. The Balaban J connectivity index is 2.16. The molecule has 0 fully saturated rings. The fraction of sp³-hybridized carbons (Fsp3) is 0.286. The SMILES string of the molecule is Cc1cc(C)n(C(=O)C(C)Oc2ccccc2Cl)n1. The van der Waals surface area contributed by atoms with Crippen LogP contribution in [-0.2, 0) is 0 Å². The predicted octanol–water partition coefficient (Wildman–Crippen LogP) is 3.26. The molecular weight excluding hydrogens is 264 g/mol. The standard InChI is InChI=1S/C14H15ClN2O2/c1-9-8-10(2)17(16-9)14(18)11(3)19-13-7-5-4-6-12(13)15/h4-8,11H,1-3H3. The minimum atomic E-state index is -0.655. The number of benzene rings is 1. The number of hydrogen-bond acceptors (Lipinski definition) is 3. The Labute approximate surface area is 116 Å². The van der Waals surface area contributed by atoms with E-state index in [1.807, 2.05) is 32.0 Å². The van der Waals surface area contributed by atoms with Gasteiger partial charge in [0.15, 0.2) is 6.10 Å². The number of carbonyl (C=O) groups is 1. The molecule has 4 nitrogen and oxygen atoms in total. The monoisotopic (exact) mass is 278 g/mol. The van der Waals surface area contributed by atoms with Gasteiger partial charge in [-0.1, -0.05) is 23.7 Å². The van der Waals surface area contributed by atoms with Crippen LogP contribution in [0.15, 0.2) is 30.3 Å². The molecule has 1 aromatic heterocycles. The van der Waals surface area contributed by atoms with Crippen LogP contribution in [0, 0.1) is 13.8 Å². The van der Waals surface area contributed by atoms with Gasteiger partial charge >= 0.3 is 0 Å². The molecule has 19 heavy (non-hydrogen) atoms. The maximum atomic E-state index is 12.2. The summed E-state index contributed by atoms with van der Waals surface area (Å²) >= 11 is 6.00. The Kier molecular flexibility index (Phi) is 3.90. The van der Waals surface area contributed by atoms with E-state index in [1.54, 1.807) is 19.1 Å². The van der Waals surface area contributed by atoms with E-state index in [-0.39, 0.29) is 5.91 Å². The summed E-state index contributed by atoms with van der Waals surface area (Å²) in [7, 11) is 0. The number of carbonyl (C=O) groups excluding carboxylic acids is 1. The normalized spacial score (nSPS) is 12.2. The van der Waals surface area contributed by atoms with Gasteiger partial charge in [-0.15, -0.1) is 0 Å². The second-order valence-electron chi connectivity index (χ2n) is 4.37. The van der Waals surface area contributed by atoms with Crippen LogP contribution in [0.2, 0.25) is 5.02 Å². The fourth-order valence-corrected chi connectivity index (χ4v) is 1.99. The number of nitrogens with zero attached hydrogens (tertiary/aromatic N) is 2. The zero-order chi connectivity index (χ0) is 14.0. The molecule has 0 saturated heterocycles. The average molecular weight is 279 g/mol. The van der Waals surface area contributed by atoms with Crippen molar-refractivity contribution in [2.45, 2.75) is 26.9 Å². The first-order valence-electron chi connectivity index (χ1n) is 5.97. The Morgan fingerprint density at radius 3 is 2.63 bits per heavy atom. The molecule has 2 rings (SSSR count). The second kappa shape index (κ2) is 5.45. The maximum absolute atomic E-state index is 12.2. The highest BCUT2D eigenvalue weighted by Gasteiger charge is 2.20. The minimum absolute atomic E-state index is 0.217. The molecular formula is C14H15ClN2O2. The van der Waals surface area contributed by atoms with Gasteiger partial charge < -0.3 is 4.74 Å². The first kappa shape index (κ1) is 13.6. The summed E-state index contributed by atoms with van der Waals surface area (Å²) in [5, 5.41) is 4.63. The molecule has 2 aromatic rings. The highest BCUT2D eigenvalue weighted by molar-refractivity contribution is 6.32. The number of halogens is 1. The molecule has 0 spiro atoms. The molecule has 0 aliphatic rings. The van der Waals surface area contributed by atoms with Gasteiger partial charge in [-0.25, -0.2) is 4.68 Å². The molecule has 100 valence electrons. The molecule has 1 atom stereocenters. The third-order valence-electron chi connectivity index (χ3n) is 2.71. The number of para-hydroxylation sites is 1. The largest absolute Gasteiger partial charge is 0.479 e. The van der Waals surface area contributed by atoms with E-state index in [2.05, 4.69) is 5.10 Å². The van der Waals surface area contributed by atoms with Gasteiger partial charge in [-0.05, 0) is 39.0 Å². The summed E-state index contributed by atoms with van der Waals surface area (Å²) in [4.78, 5) is 12.2. The zero-order valence-electron chi connectivity index (χ0n) is 11.1. The molecule has 0 saturated carbocycles. The van der Waals surface area contributed by atoms with Crippen LogP contribution in [0.25, 0.3) is 0 Å². The maximum Gasteiger partial charge on any atom is 0.287 e. The fourth-order valence-electron chi connectivity index (χ4n) is 1.81. The summed E-state index contributed by atoms with van der Waals surface area (Å²) in [6, 6.07) is 8.91. The van der Waals surface area contributed by atoms with Gasteiger partial charge in [-0.3, -0.25) is 4.79 Å². The van der Waals surface area contributed by atoms with Crippen LogP contribution in [-0.4, -0.2) is 21.8 Å². The molecule has 1 unspecified atom stereocenters. The van der Waals surface area contributed by atoms with Crippen LogP contribution in [0.4, 0.5) is 0 Å². The summed E-state index contributed by atoms with van der Waals surface area (Å²) in [6.07, 6.45) is -0.655. The Bertz CT molecular complexity index is 607. The van der Waals surface area contributed by atoms with E-state index in [4.69, 9.17) is 16.3 Å². The topological polar surface area (TPSA) is 44.1 Å². The Hall–Kier alpha value is -1.81. The van der Waals surface area contributed by atoms with Gasteiger partial charge in [0, 0.05) is 5.69 Å². The third-order valence-corrected chi connectivity index (χ3v) is 3.02. The molecule has 0 radical (unpaired) electrons. The lowest BCUT2D eigenvalue weighted by atomic mass is 10.3. The van der Waals surface area contributed by atoms with E-state index in [1.165, 1.54) is 4.68 Å². The average Bonchev–Trinajstić information content (AvgIpc) is 2.70. The number of aromatic nitrogens is 2. The van der Waals surface area contributed by atoms with Crippen LogP contribution >= 0.6 is 11.6 Å². The highest BCUT2D eigenvalue weighted by atomic mass is 35.5. The number of aryl methyl sites for hydroxylation is 2. The van der Waals surface area contributed by atoms with Crippen molar-refractivity contribution in [1.82, 2.24) is 9.78 Å². The Morgan fingerprint density at radius 2 is 2.05 bits per heavy atom. The van der Waals surface area contributed by atoms with Crippen molar-refractivity contribution in [1.29, 1.82) is 0 Å². The van der Waals surface area contributed by atoms with Gasteiger partial charge in [0.05, 0.1) is 10.7 Å². The van der Waals surface area contributed by atoms with Crippen LogP contribution in [0.1, 0.15) is 23.1 Å². The predicted molar refractivity (Wildman–Crippen MR) is 73.9 cm³/mol. The molecule has 0 aliphatic carbocycles. The summed E-state index contributed by atoms with van der Waals surface area (Å²) in [5.74, 6) is 0.275. The van der Waals surface area contributed by atoms with Crippen LogP contribution < -0.4 is 4.74 Å². The van der Waals surface area contributed by atoms with Crippen molar-refractivity contribution in [3.05, 3.63) is 46.7 Å². The molecule has 0 aliphatic heterocycles. The van der Waals surface area contributed by atoms with Gasteiger partial charge in [0.25, 0.3) is 5.91 Å². The number of hydrogen-bond donors (Lipinski definition) is 0. The van der Waals surface area contributed by atoms with Crippen molar-refractivity contribution in [3.8, 4) is 5.75 Å². The van der Waals surface area contributed by atoms with Gasteiger partial charge in [-0.2, -0.15) is 5.10 Å². The van der Waals surface area contributed by atoms with E-state index >= 15 is 0 Å². The van der Waals surface area contributed by atoms with Crippen molar-refractivity contribution < 1.29 is 9.53 Å². The van der Waals surface area contributed by atoms with Crippen molar-refractivity contribution in [3.63, 3.8) is 0 Å². The lowest BCUT2D eigenvalue weighted by Gasteiger charge is -2.15. The summed E-state index contributed by atoms with van der Waals surface area (Å²) in [6.45, 7) is 5.36. The quantitative estimate of drug-likeness (QED) is 0.865. The van der Waals surface area contributed by atoms with Crippen molar-refractivity contribution in [2.75, 3.05) is 0 Å². The molecule has 1 heterocycles. The van der Waals surface area contributed by atoms with E-state index in [9.17, 15) is 4.79 Å². The first-order chi connectivity index (χ1) is 8.99. The number of rotatable bonds is 3. The second-order valence-corrected chi connectivity index (χ2v) is 4.77. The van der Waals surface area contributed by atoms with Crippen LogP contribution in [0.3, 0.4) is 0 Å². The molecule has 0 bridgehead atoms. The lowest BCUT2D eigenvalue weighted by molar-refractivity contribution is 0.0707. The smallest absolute Gasteiger partial charge is 0.287 e. The third kappa shape index (κ3) is 2.96. The van der Waals surface area contributed by atoms with Crippen molar-refractivity contribution >= 4 is 17.5 Å². The number of ether oxygens (including phenoxy) is 1. The van der Waals surface area contributed by atoms with Gasteiger partial charge in [0.2, 0.25) is 0 Å². The van der Waals surface area contributed by atoms with E-state index in [0.717, 1.165) is 11.4 Å². The highest BCUT2D eigenvalue weighted by Crippen LogP contribution is 2.24.